The van der Waals surface area contributed by atoms with E-state index in [1.54, 1.807) is 6.92 Å². The standard InChI is InChI=1S/C35H48O11/c1-18(36)26-10-11-27-25-9-8-23-16-24(12-14-34(23,6)28(25)13-15-35(26,27)7)45-33-32(44-22(5)40)31(43-21(4)39)30(42-20(3)38)29(46-33)17-41-19(2)37/h8,10,24-25,27-33H,9,11-17H2,1-7H3/t24-,25-,27-,28-,29+,30+,31-,32+,33-,34-,35+/m0/s1. The SMILES string of the molecule is CC(=O)OC[C@H]1O[C@H](O[C@H]2CC[C@@]3(C)C(=CC[C@@H]4[C@@H]3CC[C@]3(C)C(C(C)=O)=CC[C@@H]43)C2)[C@H](OC(C)=O)[C@@H](OC(C)=O)[C@@H]1OC(C)=O. The van der Waals surface area contributed by atoms with E-state index in [4.69, 9.17) is 28.4 Å². The number of ether oxygens (including phenoxy) is 6. The van der Waals surface area contributed by atoms with Gasteiger partial charge in [0.1, 0.15) is 12.7 Å². The lowest BCUT2D eigenvalue weighted by atomic mass is 9.47. The Balaban J connectivity index is 1.37. The normalized spacial score (nSPS) is 39.8. The van der Waals surface area contributed by atoms with Crippen LogP contribution in [-0.2, 0) is 52.4 Å². The Labute approximate surface area is 270 Å². The van der Waals surface area contributed by atoms with Crippen molar-refractivity contribution in [2.24, 2.45) is 28.6 Å². The maximum atomic E-state index is 12.5. The number of ketones is 1. The molecule has 5 rings (SSSR count). The highest BCUT2D eigenvalue weighted by Crippen LogP contribution is 2.65. The summed E-state index contributed by atoms with van der Waals surface area (Å²) in [6, 6.07) is 0. The van der Waals surface area contributed by atoms with E-state index in [-0.39, 0.29) is 29.3 Å². The molecule has 3 fully saturated rings. The zero-order valence-electron chi connectivity index (χ0n) is 28.0. The summed E-state index contributed by atoms with van der Waals surface area (Å²) < 4.78 is 34.6. The second kappa shape index (κ2) is 13.2. The van der Waals surface area contributed by atoms with Crippen LogP contribution < -0.4 is 0 Å². The van der Waals surface area contributed by atoms with Crippen LogP contribution in [-0.4, -0.2) is 73.1 Å². The van der Waals surface area contributed by atoms with Crippen LogP contribution in [0, 0.1) is 28.6 Å². The Morgan fingerprint density at radius 3 is 2.02 bits per heavy atom. The van der Waals surface area contributed by atoms with Gasteiger partial charge in [-0.2, -0.15) is 0 Å². The van der Waals surface area contributed by atoms with Gasteiger partial charge in [0.25, 0.3) is 0 Å². The fourth-order valence-corrected chi connectivity index (χ4v) is 9.34. The van der Waals surface area contributed by atoms with E-state index in [1.807, 2.05) is 0 Å². The molecule has 5 aliphatic rings. The Morgan fingerprint density at radius 2 is 1.39 bits per heavy atom. The van der Waals surface area contributed by atoms with Crippen LogP contribution in [0.4, 0.5) is 0 Å². The molecule has 0 aromatic heterocycles. The Kier molecular flexibility index (Phi) is 9.85. The molecular weight excluding hydrogens is 596 g/mol. The molecule has 1 heterocycles. The largest absolute Gasteiger partial charge is 0.463 e. The van der Waals surface area contributed by atoms with E-state index >= 15 is 0 Å². The maximum absolute atomic E-state index is 12.5. The fourth-order valence-electron chi connectivity index (χ4n) is 9.34. The number of hydrogen-bond acceptors (Lipinski definition) is 11. The van der Waals surface area contributed by atoms with E-state index in [1.165, 1.54) is 33.3 Å². The molecule has 0 radical (unpaired) electrons. The van der Waals surface area contributed by atoms with Crippen molar-refractivity contribution in [2.75, 3.05) is 6.61 Å². The lowest BCUT2D eigenvalue weighted by molar-refractivity contribution is -0.318. The van der Waals surface area contributed by atoms with Crippen LogP contribution in [0.2, 0.25) is 0 Å². The lowest BCUT2D eigenvalue weighted by Crippen LogP contribution is -2.63. The zero-order chi connectivity index (χ0) is 33.6. The number of Topliss-reactive ketones (excluding diaryl/α,β-unsaturated/α-hetero) is 1. The van der Waals surface area contributed by atoms with Gasteiger partial charge < -0.3 is 28.4 Å². The van der Waals surface area contributed by atoms with Gasteiger partial charge in [-0.25, -0.2) is 0 Å². The summed E-state index contributed by atoms with van der Waals surface area (Å²) in [5, 5.41) is 0. The first-order valence-corrected chi connectivity index (χ1v) is 16.5. The van der Waals surface area contributed by atoms with Crippen molar-refractivity contribution >= 4 is 29.7 Å². The minimum atomic E-state index is -1.26. The van der Waals surface area contributed by atoms with Gasteiger partial charge in [0, 0.05) is 27.7 Å². The molecule has 11 heteroatoms. The van der Waals surface area contributed by atoms with Gasteiger partial charge in [0.15, 0.2) is 30.4 Å². The van der Waals surface area contributed by atoms with Crippen molar-refractivity contribution in [1.82, 2.24) is 0 Å². The van der Waals surface area contributed by atoms with Gasteiger partial charge in [0.05, 0.1) is 6.10 Å². The molecule has 0 aromatic carbocycles. The first-order valence-electron chi connectivity index (χ1n) is 16.5. The Hall–Kier alpha value is -3.05. The van der Waals surface area contributed by atoms with Crippen LogP contribution in [0.3, 0.4) is 0 Å². The molecular formula is C35H48O11. The summed E-state index contributed by atoms with van der Waals surface area (Å²) in [4.78, 5) is 60.6. The first-order chi connectivity index (χ1) is 21.6. The van der Waals surface area contributed by atoms with Gasteiger partial charge in [-0.1, -0.05) is 31.6 Å². The van der Waals surface area contributed by atoms with Crippen LogP contribution >= 0.6 is 0 Å². The summed E-state index contributed by atoms with van der Waals surface area (Å²) in [6.45, 7) is 10.9. The smallest absolute Gasteiger partial charge is 0.303 e. The first kappa shape index (κ1) is 34.3. The number of esters is 4. The highest BCUT2D eigenvalue weighted by Gasteiger charge is 2.58. The fraction of sp³-hybridized carbons (Fsp3) is 0.743. The van der Waals surface area contributed by atoms with Crippen molar-refractivity contribution in [3.63, 3.8) is 0 Å². The molecule has 0 N–H and O–H groups in total. The van der Waals surface area contributed by atoms with Crippen LogP contribution in [0.15, 0.2) is 23.3 Å². The summed E-state index contributed by atoms with van der Waals surface area (Å²) in [5.41, 5.74) is 2.31. The lowest BCUT2D eigenvalue weighted by Gasteiger charge is -2.58. The monoisotopic (exact) mass is 644 g/mol. The minimum Gasteiger partial charge on any atom is -0.463 e. The highest BCUT2D eigenvalue weighted by atomic mass is 16.7. The van der Waals surface area contributed by atoms with Gasteiger partial charge in [-0.05, 0) is 86.0 Å². The summed E-state index contributed by atoms with van der Waals surface area (Å²) >= 11 is 0. The van der Waals surface area contributed by atoms with Gasteiger partial charge in [0.2, 0.25) is 0 Å². The van der Waals surface area contributed by atoms with E-state index < -0.39 is 54.6 Å². The number of allylic oxidation sites excluding steroid dienone is 3. The van der Waals surface area contributed by atoms with E-state index in [0.29, 0.717) is 24.2 Å². The predicted molar refractivity (Wildman–Crippen MR) is 163 cm³/mol. The molecule has 0 aromatic rings. The van der Waals surface area contributed by atoms with Crippen LogP contribution in [0.5, 0.6) is 0 Å². The van der Waals surface area contributed by atoms with Gasteiger partial charge in [-0.15, -0.1) is 0 Å². The third-order valence-electron chi connectivity index (χ3n) is 11.3. The summed E-state index contributed by atoms with van der Waals surface area (Å²) in [5.74, 6) is -0.907. The van der Waals surface area contributed by atoms with Crippen molar-refractivity contribution < 1.29 is 52.4 Å². The quantitative estimate of drug-likeness (QED) is 0.209. The minimum absolute atomic E-state index is 0.00432. The number of rotatable bonds is 8. The van der Waals surface area contributed by atoms with Gasteiger partial charge in [-0.3, -0.25) is 24.0 Å². The van der Waals surface area contributed by atoms with Crippen molar-refractivity contribution in [2.45, 2.75) is 130 Å². The number of fused-ring (bicyclic) bond motifs is 5. The van der Waals surface area contributed by atoms with E-state index in [0.717, 1.165) is 44.1 Å². The van der Waals surface area contributed by atoms with Crippen LogP contribution in [0.25, 0.3) is 0 Å². The van der Waals surface area contributed by atoms with E-state index in [2.05, 4.69) is 26.0 Å². The second-order valence-electron chi connectivity index (χ2n) is 14.2. The molecule has 0 amide bonds. The highest BCUT2D eigenvalue weighted by molar-refractivity contribution is 5.95. The Morgan fingerprint density at radius 1 is 0.761 bits per heavy atom. The van der Waals surface area contributed by atoms with Gasteiger partial charge >= 0.3 is 23.9 Å². The number of hydrogen-bond donors (Lipinski definition) is 0. The molecule has 0 spiro atoms. The molecule has 1 aliphatic heterocycles. The Bertz CT molecular complexity index is 1320. The molecule has 254 valence electrons. The molecule has 2 saturated carbocycles. The molecule has 1 saturated heterocycles. The molecule has 0 bridgehead atoms. The van der Waals surface area contributed by atoms with Crippen LogP contribution in [0.1, 0.15) is 93.4 Å². The molecule has 46 heavy (non-hydrogen) atoms. The number of carbonyl (C=O) groups excluding carboxylic acids is 5. The summed E-state index contributed by atoms with van der Waals surface area (Å²) in [7, 11) is 0. The molecule has 4 aliphatic carbocycles. The van der Waals surface area contributed by atoms with Crippen molar-refractivity contribution in [3.05, 3.63) is 23.3 Å². The average molecular weight is 645 g/mol. The van der Waals surface area contributed by atoms with E-state index in [9.17, 15) is 24.0 Å². The third kappa shape index (κ3) is 6.54. The predicted octanol–water partition coefficient (Wildman–Crippen LogP) is 4.54. The third-order valence-corrected chi connectivity index (χ3v) is 11.3. The molecule has 0 unspecified atom stereocenters. The van der Waals surface area contributed by atoms with Crippen molar-refractivity contribution in [3.8, 4) is 0 Å². The second-order valence-corrected chi connectivity index (χ2v) is 14.2. The molecule has 11 nitrogen and oxygen atoms in total. The topological polar surface area (TPSA) is 141 Å². The summed E-state index contributed by atoms with van der Waals surface area (Å²) in [6.07, 6.45) is 4.61. The average Bonchev–Trinajstić information content (AvgIpc) is 3.32. The number of carbonyl (C=O) groups is 5. The molecule has 11 atom stereocenters. The van der Waals surface area contributed by atoms with Crippen molar-refractivity contribution in [1.29, 1.82) is 0 Å². The zero-order valence-corrected chi connectivity index (χ0v) is 28.0. The maximum Gasteiger partial charge on any atom is 0.303 e.